The van der Waals surface area contributed by atoms with Crippen LogP contribution in [0.5, 0.6) is 0 Å². The molecule has 1 aromatic rings. The third-order valence-corrected chi connectivity index (χ3v) is 5.06. The number of ether oxygens (including phenoxy) is 2. The molecule has 0 saturated carbocycles. The van der Waals surface area contributed by atoms with E-state index in [9.17, 15) is 14.7 Å². The first-order valence-electron chi connectivity index (χ1n) is 8.90. The van der Waals surface area contributed by atoms with Crippen LogP contribution in [0.1, 0.15) is 30.7 Å². The Balaban J connectivity index is 1.53. The summed E-state index contributed by atoms with van der Waals surface area (Å²) in [6, 6.07) is 9.58. The van der Waals surface area contributed by atoms with Crippen LogP contribution in [0.15, 0.2) is 30.3 Å². The third kappa shape index (κ3) is 4.58. The summed E-state index contributed by atoms with van der Waals surface area (Å²) in [5.41, 5.74) is 0.976. The van der Waals surface area contributed by atoms with Crippen molar-refractivity contribution < 1.29 is 24.2 Å². The Hall–Kier alpha value is -1.92. The fourth-order valence-corrected chi connectivity index (χ4v) is 3.61. The normalized spacial score (nSPS) is 24.4. The highest BCUT2D eigenvalue weighted by atomic mass is 16.5. The van der Waals surface area contributed by atoms with Crippen LogP contribution in [0, 0.1) is 5.92 Å². The highest BCUT2D eigenvalue weighted by molar-refractivity contribution is 5.79. The molecule has 2 unspecified atom stereocenters. The number of rotatable bonds is 6. The summed E-state index contributed by atoms with van der Waals surface area (Å²) in [5.74, 6) is -1.58. The van der Waals surface area contributed by atoms with E-state index in [1.165, 1.54) is 0 Å². The first kappa shape index (κ1) is 17.9. The number of carbonyl (C=O) groups is 2. The molecule has 2 aliphatic heterocycles. The van der Waals surface area contributed by atoms with Gasteiger partial charge in [-0.25, -0.2) is 0 Å². The summed E-state index contributed by atoms with van der Waals surface area (Å²) >= 11 is 0. The Morgan fingerprint density at radius 1 is 1.16 bits per heavy atom. The number of benzene rings is 1. The lowest BCUT2D eigenvalue weighted by Crippen LogP contribution is -2.31. The fourth-order valence-electron chi connectivity index (χ4n) is 3.61. The van der Waals surface area contributed by atoms with Crippen molar-refractivity contribution in [1.82, 2.24) is 4.90 Å². The van der Waals surface area contributed by atoms with E-state index >= 15 is 0 Å². The maximum Gasteiger partial charge on any atom is 0.308 e. The van der Waals surface area contributed by atoms with Crippen LogP contribution in [0.3, 0.4) is 0 Å². The first-order valence-corrected chi connectivity index (χ1v) is 8.90. The molecule has 2 heterocycles. The van der Waals surface area contributed by atoms with Gasteiger partial charge in [0.15, 0.2) is 0 Å². The van der Waals surface area contributed by atoms with Crippen molar-refractivity contribution in [2.24, 2.45) is 5.92 Å². The monoisotopic (exact) mass is 347 g/mol. The lowest BCUT2D eigenvalue weighted by molar-refractivity contribution is -0.141. The summed E-state index contributed by atoms with van der Waals surface area (Å²) in [6.07, 6.45) is 2.21. The highest BCUT2D eigenvalue weighted by Crippen LogP contribution is 2.33. The average molecular weight is 347 g/mol. The highest BCUT2D eigenvalue weighted by Gasteiger charge is 2.40. The lowest BCUT2D eigenvalue weighted by Gasteiger charge is -2.23. The number of hydrogen-bond donors (Lipinski definition) is 1. The number of nitrogens with zero attached hydrogens (tertiary/aromatic N) is 1. The topological polar surface area (TPSA) is 76.1 Å². The van der Waals surface area contributed by atoms with E-state index in [4.69, 9.17) is 9.47 Å². The predicted molar refractivity (Wildman–Crippen MR) is 91.3 cm³/mol. The van der Waals surface area contributed by atoms with Gasteiger partial charge in [-0.2, -0.15) is 0 Å². The lowest BCUT2D eigenvalue weighted by atomic mass is 9.89. The van der Waals surface area contributed by atoms with E-state index in [2.05, 4.69) is 0 Å². The largest absolute Gasteiger partial charge is 0.481 e. The van der Waals surface area contributed by atoms with E-state index in [0.29, 0.717) is 32.8 Å². The second kappa shape index (κ2) is 8.45. The van der Waals surface area contributed by atoms with E-state index in [0.717, 1.165) is 18.4 Å². The van der Waals surface area contributed by atoms with Crippen molar-refractivity contribution in [2.75, 3.05) is 32.9 Å². The number of hydrogen-bond acceptors (Lipinski definition) is 4. The van der Waals surface area contributed by atoms with Crippen LogP contribution >= 0.6 is 0 Å². The molecular weight excluding hydrogens is 322 g/mol. The quantitative estimate of drug-likeness (QED) is 0.850. The molecule has 1 amide bonds. The molecule has 3 rings (SSSR count). The Labute approximate surface area is 147 Å². The maximum atomic E-state index is 12.5. The molecule has 2 atom stereocenters. The molecule has 2 saturated heterocycles. The number of carbonyl (C=O) groups excluding carboxylic acids is 1. The van der Waals surface area contributed by atoms with Gasteiger partial charge in [-0.1, -0.05) is 30.3 Å². The molecule has 6 heteroatoms. The molecule has 0 radical (unpaired) electrons. The molecular formula is C19H25NO5. The second-order valence-electron chi connectivity index (χ2n) is 6.69. The zero-order valence-electron chi connectivity index (χ0n) is 14.3. The minimum Gasteiger partial charge on any atom is -0.481 e. The van der Waals surface area contributed by atoms with Gasteiger partial charge < -0.3 is 19.5 Å². The van der Waals surface area contributed by atoms with Gasteiger partial charge >= 0.3 is 5.97 Å². The Kier molecular flexibility index (Phi) is 6.04. The predicted octanol–water partition coefficient (Wildman–Crippen LogP) is 1.90. The fraction of sp³-hybridized carbons (Fsp3) is 0.579. The van der Waals surface area contributed by atoms with Crippen molar-refractivity contribution in [2.45, 2.75) is 31.3 Å². The van der Waals surface area contributed by atoms with Crippen LogP contribution < -0.4 is 0 Å². The summed E-state index contributed by atoms with van der Waals surface area (Å²) in [6.45, 7) is 2.53. The molecule has 2 aliphatic rings. The molecule has 25 heavy (non-hydrogen) atoms. The Morgan fingerprint density at radius 2 is 1.88 bits per heavy atom. The van der Waals surface area contributed by atoms with Gasteiger partial charge in [0.05, 0.1) is 25.0 Å². The second-order valence-corrected chi connectivity index (χ2v) is 6.69. The standard InChI is InChI=1S/C19H25NO5/c21-18(8-11-25-15-6-9-24-10-7-15)20-12-16(17(13-20)19(22)23)14-4-2-1-3-5-14/h1-5,15-17H,6-13H2,(H,22,23). The van der Waals surface area contributed by atoms with Gasteiger partial charge in [0.25, 0.3) is 0 Å². The van der Waals surface area contributed by atoms with Gasteiger partial charge in [-0.05, 0) is 18.4 Å². The van der Waals surface area contributed by atoms with Gasteiger partial charge in [0, 0.05) is 32.2 Å². The van der Waals surface area contributed by atoms with Gasteiger partial charge in [-0.15, -0.1) is 0 Å². The van der Waals surface area contributed by atoms with E-state index in [1.807, 2.05) is 30.3 Å². The van der Waals surface area contributed by atoms with Crippen LogP contribution in [0.4, 0.5) is 0 Å². The van der Waals surface area contributed by atoms with Crippen LogP contribution in [0.2, 0.25) is 0 Å². The van der Waals surface area contributed by atoms with Gasteiger partial charge in [0.2, 0.25) is 5.91 Å². The van der Waals surface area contributed by atoms with Gasteiger partial charge in [-0.3, -0.25) is 9.59 Å². The molecule has 0 aromatic heterocycles. The number of carboxylic acid groups (broad SMARTS) is 1. The summed E-state index contributed by atoms with van der Waals surface area (Å²) in [4.78, 5) is 25.7. The zero-order chi connectivity index (χ0) is 17.6. The molecule has 0 bridgehead atoms. The van der Waals surface area contributed by atoms with Gasteiger partial charge in [0.1, 0.15) is 0 Å². The van der Waals surface area contributed by atoms with Crippen molar-refractivity contribution in [1.29, 1.82) is 0 Å². The number of carboxylic acids is 1. The molecule has 1 aromatic carbocycles. The minimum atomic E-state index is -0.845. The van der Waals surface area contributed by atoms with Crippen molar-refractivity contribution in [3.63, 3.8) is 0 Å². The van der Waals surface area contributed by atoms with Crippen molar-refractivity contribution in [3.8, 4) is 0 Å². The first-order chi connectivity index (χ1) is 12.1. The molecule has 0 spiro atoms. The number of aliphatic carboxylic acids is 1. The Morgan fingerprint density at radius 3 is 2.56 bits per heavy atom. The molecule has 0 aliphatic carbocycles. The smallest absolute Gasteiger partial charge is 0.308 e. The molecule has 1 N–H and O–H groups in total. The van der Waals surface area contributed by atoms with Crippen LogP contribution in [-0.2, 0) is 19.1 Å². The zero-order valence-corrected chi connectivity index (χ0v) is 14.3. The van der Waals surface area contributed by atoms with E-state index in [1.54, 1.807) is 4.90 Å². The van der Waals surface area contributed by atoms with Crippen molar-refractivity contribution >= 4 is 11.9 Å². The Bertz CT molecular complexity index is 585. The van der Waals surface area contributed by atoms with E-state index in [-0.39, 0.29) is 24.5 Å². The van der Waals surface area contributed by atoms with E-state index < -0.39 is 11.9 Å². The van der Waals surface area contributed by atoms with Crippen LogP contribution in [0.25, 0.3) is 0 Å². The number of amides is 1. The molecule has 136 valence electrons. The summed E-state index contributed by atoms with van der Waals surface area (Å²) in [5, 5.41) is 9.52. The third-order valence-electron chi connectivity index (χ3n) is 5.06. The number of likely N-dealkylation sites (tertiary alicyclic amines) is 1. The summed E-state index contributed by atoms with van der Waals surface area (Å²) < 4.78 is 11.0. The van der Waals surface area contributed by atoms with Crippen molar-refractivity contribution in [3.05, 3.63) is 35.9 Å². The molecule has 6 nitrogen and oxygen atoms in total. The minimum absolute atomic E-state index is 0.0308. The SMILES string of the molecule is O=C(O)C1CN(C(=O)CCOC2CCOCC2)CC1c1ccccc1. The molecule has 2 fully saturated rings. The summed E-state index contributed by atoms with van der Waals surface area (Å²) in [7, 11) is 0. The average Bonchev–Trinajstić information content (AvgIpc) is 3.09. The van der Waals surface area contributed by atoms with Crippen LogP contribution in [-0.4, -0.2) is 60.9 Å². The maximum absolute atomic E-state index is 12.5.